The molecule has 1 nitrogen and oxygen atoms in total. The van der Waals surface area contributed by atoms with Crippen LogP contribution in [-0.4, -0.2) is 0 Å². The van der Waals surface area contributed by atoms with Gasteiger partial charge < -0.3 is 0 Å². The minimum Gasteiger partial charge on any atom is -0.193 e. The molecule has 0 saturated heterocycles. The second-order valence-electron chi connectivity index (χ2n) is 2.80. The van der Waals surface area contributed by atoms with Crippen molar-refractivity contribution in [2.45, 2.75) is 0 Å². The largest absolute Gasteiger partial charge is 0.193 e. The lowest BCUT2D eigenvalue weighted by atomic mass is 10.2. The first-order chi connectivity index (χ1) is 7.78. The smallest absolute Gasteiger partial charge is 0.0918 e. The molecule has 1 heteroatoms. The van der Waals surface area contributed by atoms with E-state index in [9.17, 15) is 0 Å². The second-order valence-corrected chi connectivity index (χ2v) is 2.80. The Labute approximate surface area is 97.4 Å². The van der Waals surface area contributed by atoms with Crippen LogP contribution in [0.3, 0.4) is 0 Å². The van der Waals surface area contributed by atoms with Gasteiger partial charge in [0.1, 0.15) is 0 Å². The van der Waals surface area contributed by atoms with E-state index in [1.807, 2.05) is 42.5 Å². The van der Waals surface area contributed by atoms with Gasteiger partial charge in [0.2, 0.25) is 0 Å². The molecule has 0 radical (unpaired) electrons. The molecule has 1 rings (SSSR count). The summed E-state index contributed by atoms with van der Waals surface area (Å²) >= 11 is 0. The number of hydrogen-bond acceptors (Lipinski definition) is 1. The summed E-state index contributed by atoms with van der Waals surface area (Å²) in [6, 6.07) is 11.9. The van der Waals surface area contributed by atoms with E-state index in [0.29, 0.717) is 0 Å². The molecular formula is C15H15N. The Bertz CT molecular complexity index is 395. The molecule has 0 atom stereocenters. The van der Waals surface area contributed by atoms with E-state index in [4.69, 9.17) is 5.26 Å². The van der Waals surface area contributed by atoms with Crippen LogP contribution in [0.4, 0.5) is 0 Å². The van der Waals surface area contributed by atoms with Gasteiger partial charge in [0.25, 0.3) is 0 Å². The van der Waals surface area contributed by atoms with Gasteiger partial charge in [0.05, 0.1) is 6.07 Å². The van der Waals surface area contributed by atoms with Crippen LogP contribution < -0.4 is 0 Å². The Hall–Kier alpha value is -2.33. The van der Waals surface area contributed by atoms with E-state index in [-0.39, 0.29) is 0 Å². The summed E-state index contributed by atoms with van der Waals surface area (Å²) in [6.07, 6.45) is 6.38. The molecule has 1 aromatic carbocycles. The second kappa shape index (κ2) is 9.23. The normalized spacial score (nSPS) is 7.44. The van der Waals surface area contributed by atoms with Crippen molar-refractivity contribution >= 4 is 6.08 Å². The molecule has 0 amide bonds. The highest BCUT2D eigenvalue weighted by Gasteiger charge is 1.76. The summed E-state index contributed by atoms with van der Waals surface area (Å²) in [5.74, 6) is 0. The van der Waals surface area contributed by atoms with Gasteiger partial charge >= 0.3 is 0 Å². The molecule has 0 bridgehead atoms. The Morgan fingerprint density at radius 3 is 1.88 bits per heavy atom. The third-order valence-corrected chi connectivity index (χ3v) is 1.74. The van der Waals surface area contributed by atoms with Gasteiger partial charge in [-0.2, -0.15) is 5.26 Å². The molecule has 0 fully saturated rings. The molecule has 0 saturated carbocycles. The molecule has 0 aromatic heterocycles. The first-order valence-corrected chi connectivity index (χ1v) is 4.80. The first kappa shape index (κ1) is 13.7. The van der Waals surface area contributed by atoms with Crippen LogP contribution in [0.25, 0.3) is 6.08 Å². The Balaban J connectivity index is 0.000000281. The lowest BCUT2D eigenvalue weighted by Gasteiger charge is -1.85. The van der Waals surface area contributed by atoms with Crippen molar-refractivity contribution in [3.63, 3.8) is 0 Å². The molecule has 0 aliphatic heterocycles. The fourth-order valence-electron chi connectivity index (χ4n) is 0.865. The van der Waals surface area contributed by atoms with Gasteiger partial charge in [-0.05, 0) is 11.1 Å². The number of hydrogen-bond donors (Lipinski definition) is 0. The zero-order chi connectivity index (χ0) is 12.2. The van der Waals surface area contributed by atoms with Crippen molar-refractivity contribution in [2.75, 3.05) is 0 Å². The van der Waals surface area contributed by atoms with E-state index < -0.39 is 0 Å². The van der Waals surface area contributed by atoms with Crippen LogP contribution in [0.15, 0.2) is 73.9 Å². The monoisotopic (exact) mass is 209 g/mol. The van der Waals surface area contributed by atoms with Crippen LogP contribution in [0.2, 0.25) is 0 Å². The van der Waals surface area contributed by atoms with E-state index in [1.165, 1.54) is 11.6 Å². The standard InChI is InChI=1S/C8H8.C7H7N/c1-2-8-6-4-3-5-7-8;1-3-7(4-2)5-6-8/h2-7H,1H2;3-5H,1-2H2. The molecule has 0 aliphatic rings. The summed E-state index contributed by atoms with van der Waals surface area (Å²) in [4.78, 5) is 0. The van der Waals surface area contributed by atoms with Crippen molar-refractivity contribution in [2.24, 2.45) is 0 Å². The summed E-state index contributed by atoms with van der Waals surface area (Å²) in [5.41, 5.74) is 1.93. The van der Waals surface area contributed by atoms with Crippen molar-refractivity contribution in [1.82, 2.24) is 0 Å². The Kier molecular flexibility index (Phi) is 7.89. The summed E-state index contributed by atoms with van der Waals surface area (Å²) in [6.45, 7) is 10.6. The maximum absolute atomic E-state index is 8.08. The average molecular weight is 209 g/mol. The van der Waals surface area contributed by atoms with Crippen LogP contribution in [0.1, 0.15) is 5.56 Å². The quantitative estimate of drug-likeness (QED) is 0.542. The van der Waals surface area contributed by atoms with Gasteiger partial charge in [-0.3, -0.25) is 0 Å². The first-order valence-electron chi connectivity index (χ1n) is 4.80. The lowest BCUT2D eigenvalue weighted by Crippen LogP contribution is -1.63. The van der Waals surface area contributed by atoms with E-state index >= 15 is 0 Å². The topological polar surface area (TPSA) is 23.8 Å². The molecule has 0 spiro atoms. The molecule has 0 N–H and O–H groups in total. The van der Waals surface area contributed by atoms with Crippen molar-refractivity contribution in [3.8, 4) is 6.07 Å². The minimum absolute atomic E-state index is 0.757. The Morgan fingerprint density at radius 1 is 1.06 bits per heavy atom. The van der Waals surface area contributed by atoms with Crippen LogP contribution in [-0.2, 0) is 0 Å². The summed E-state index contributed by atoms with van der Waals surface area (Å²) in [7, 11) is 0. The van der Waals surface area contributed by atoms with E-state index in [2.05, 4.69) is 19.7 Å². The van der Waals surface area contributed by atoms with Crippen molar-refractivity contribution in [1.29, 1.82) is 5.26 Å². The predicted molar refractivity (Wildman–Crippen MR) is 70.6 cm³/mol. The van der Waals surface area contributed by atoms with Gasteiger partial charge in [0, 0.05) is 6.08 Å². The molecule has 0 aliphatic carbocycles. The number of allylic oxidation sites excluding steroid dienone is 4. The highest BCUT2D eigenvalue weighted by molar-refractivity contribution is 5.45. The highest BCUT2D eigenvalue weighted by atomic mass is 14.2. The van der Waals surface area contributed by atoms with Crippen molar-refractivity contribution < 1.29 is 0 Å². The zero-order valence-electron chi connectivity index (χ0n) is 9.26. The Morgan fingerprint density at radius 2 is 1.62 bits per heavy atom. The maximum atomic E-state index is 8.08. The SMILES string of the molecule is C=CC(C=C)=CC#N.C=Cc1ccccc1. The lowest BCUT2D eigenvalue weighted by molar-refractivity contribution is 1.52. The predicted octanol–water partition coefficient (Wildman–Crippen LogP) is 4.14. The van der Waals surface area contributed by atoms with E-state index in [0.717, 1.165) is 5.57 Å². The fraction of sp³-hybridized carbons (Fsp3) is 0. The maximum Gasteiger partial charge on any atom is 0.0918 e. The molecule has 0 heterocycles. The molecule has 16 heavy (non-hydrogen) atoms. The van der Waals surface area contributed by atoms with Gasteiger partial charge in [-0.15, -0.1) is 0 Å². The van der Waals surface area contributed by atoms with Gasteiger partial charge in [0.15, 0.2) is 0 Å². The van der Waals surface area contributed by atoms with Crippen molar-refractivity contribution in [3.05, 3.63) is 79.4 Å². The van der Waals surface area contributed by atoms with Gasteiger partial charge in [-0.25, -0.2) is 0 Å². The zero-order valence-corrected chi connectivity index (χ0v) is 9.26. The number of benzene rings is 1. The van der Waals surface area contributed by atoms with Gasteiger partial charge in [-0.1, -0.05) is 68.3 Å². The molecule has 80 valence electrons. The fourth-order valence-corrected chi connectivity index (χ4v) is 0.865. The highest BCUT2D eigenvalue weighted by Crippen LogP contribution is 1.97. The van der Waals surface area contributed by atoms with Crippen LogP contribution >= 0.6 is 0 Å². The molecule has 0 unspecified atom stereocenters. The third kappa shape index (κ3) is 6.17. The number of nitriles is 1. The summed E-state index contributed by atoms with van der Waals surface area (Å²) < 4.78 is 0. The van der Waals surface area contributed by atoms with E-state index in [1.54, 1.807) is 12.2 Å². The molecule has 1 aromatic rings. The summed E-state index contributed by atoms with van der Waals surface area (Å²) in [5, 5.41) is 8.08. The molecular weight excluding hydrogens is 194 g/mol. The van der Waals surface area contributed by atoms with Crippen LogP contribution in [0.5, 0.6) is 0 Å². The third-order valence-electron chi connectivity index (χ3n) is 1.74. The minimum atomic E-state index is 0.757. The van der Waals surface area contributed by atoms with Crippen LogP contribution in [0, 0.1) is 11.3 Å². The average Bonchev–Trinajstić information content (AvgIpc) is 2.37. The number of rotatable bonds is 3. The number of nitrogens with zero attached hydrogens (tertiary/aromatic N) is 1.